The zero-order chi connectivity index (χ0) is 14.8. The summed E-state index contributed by atoms with van der Waals surface area (Å²) < 4.78 is 6.00. The molecule has 21 heavy (non-hydrogen) atoms. The maximum Gasteiger partial charge on any atom is 0.134 e. The van der Waals surface area contributed by atoms with Crippen molar-refractivity contribution in [2.45, 2.75) is 20.0 Å². The quantitative estimate of drug-likeness (QED) is 0.789. The Morgan fingerprint density at radius 3 is 2.52 bits per heavy atom. The number of anilines is 1. The van der Waals surface area contributed by atoms with Gasteiger partial charge in [-0.15, -0.1) is 0 Å². The zero-order valence-electron chi connectivity index (χ0n) is 12.5. The molecule has 0 bridgehead atoms. The van der Waals surface area contributed by atoms with Crippen LogP contribution in [0.15, 0.2) is 52.9 Å². The van der Waals surface area contributed by atoms with Crippen LogP contribution < -0.4 is 10.6 Å². The van der Waals surface area contributed by atoms with E-state index in [-0.39, 0.29) is 0 Å². The Balaban J connectivity index is 1.96. The van der Waals surface area contributed by atoms with E-state index in [1.54, 1.807) is 0 Å². The van der Waals surface area contributed by atoms with Crippen molar-refractivity contribution in [2.75, 3.05) is 11.9 Å². The number of fused-ring (bicyclic) bond motifs is 1. The van der Waals surface area contributed by atoms with Gasteiger partial charge in [0.2, 0.25) is 0 Å². The molecule has 0 saturated carbocycles. The number of hydrogen-bond acceptors (Lipinski definition) is 3. The van der Waals surface area contributed by atoms with Crippen molar-refractivity contribution in [1.82, 2.24) is 0 Å². The van der Waals surface area contributed by atoms with E-state index in [1.165, 1.54) is 11.3 Å². The summed E-state index contributed by atoms with van der Waals surface area (Å²) in [6, 6.07) is 16.4. The summed E-state index contributed by atoms with van der Waals surface area (Å²) in [5, 5.41) is 1.12. The molecule has 0 aliphatic carbocycles. The third-order valence-corrected chi connectivity index (χ3v) is 3.89. The highest BCUT2D eigenvalue weighted by Gasteiger charge is 2.15. The minimum absolute atomic E-state index is 0.494. The van der Waals surface area contributed by atoms with Crippen molar-refractivity contribution < 1.29 is 4.42 Å². The van der Waals surface area contributed by atoms with Gasteiger partial charge in [-0.2, -0.15) is 0 Å². The van der Waals surface area contributed by atoms with Crippen molar-refractivity contribution in [3.8, 4) is 0 Å². The molecule has 0 radical (unpaired) electrons. The van der Waals surface area contributed by atoms with Crippen LogP contribution in [0.25, 0.3) is 11.0 Å². The molecule has 3 nitrogen and oxygen atoms in total. The van der Waals surface area contributed by atoms with E-state index in [1.807, 2.05) is 18.2 Å². The third kappa shape index (κ3) is 2.52. The fourth-order valence-corrected chi connectivity index (χ4v) is 2.79. The molecule has 0 unspecified atom stereocenters. The lowest BCUT2D eigenvalue weighted by Gasteiger charge is -2.20. The molecule has 0 saturated heterocycles. The number of nitrogens with zero attached hydrogens (tertiary/aromatic N) is 1. The molecule has 3 aromatic rings. The number of aryl methyl sites for hydroxylation is 1. The lowest BCUT2D eigenvalue weighted by molar-refractivity contribution is 0.539. The Hall–Kier alpha value is -2.26. The molecule has 0 amide bonds. The number of benzene rings is 2. The summed E-state index contributed by atoms with van der Waals surface area (Å²) in [7, 11) is 2.08. The van der Waals surface area contributed by atoms with E-state index < -0.39 is 0 Å². The topological polar surface area (TPSA) is 42.4 Å². The second-order valence-electron chi connectivity index (χ2n) is 5.35. The van der Waals surface area contributed by atoms with Crippen molar-refractivity contribution >= 4 is 16.7 Å². The van der Waals surface area contributed by atoms with Gasteiger partial charge in [0.25, 0.3) is 0 Å². The van der Waals surface area contributed by atoms with E-state index in [4.69, 9.17) is 10.2 Å². The van der Waals surface area contributed by atoms with Gasteiger partial charge in [-0.1, -0.05) is 36.4 Å². The largest absolute Gasteiger partial charge is 0.459 e. The standard InChI is InChI=1S/C18H20N2O/c1-13-7-3-5-9-16(13)20(2)12-18-15(11-19)14-8-4-6-10-17(14)21-18/h3-10H,11-12,19H2,1-2H3. The molecule has 0 aliphatic heterocycles. The Morgan fingerprint density at radius 2 is 1.76 bits per heavy atom. The molecule has 3 heteroatoms. The average Bonchev–Trinajstić information content (AvgIpc) is 2.84. The molecule has 2 N–H and O–H groups in total. The van der Waals surface area contributed by atoms with Crippen molar-refractivity contribution in [3.05, 3.63) is 65.4 Å². The predicted molar refractivity (Wildman–Crippen MR) is 87.4 cm³/mol. The summed E-state index contributed by atoms with van der Waals surface area (Å²) in [6.07, 6.45) is 0. The Bertz CT molecular complexity index is 761. The van der Waals surface area contributed by atoms with Gasteiger partial charge in [-0.25, -0.2) is 0 Å². The fraction of sp³-hybridized carbons (Fsp3) is 0.222. The maximum absolute atomic E-state index is 6.00. The monoisotopic (exact) mass is 280 g/mol. The van der Waals surface area contributed by atoms with Crippen LogP contribution in [0, 0.1) is 6.92 Å². The molecule has 0 aliphatic rings. The Labute approximate surface area is 125 Å². The van der Waals surface area contributed by atoms with Gasteiger partial charge in [0.15, 0.2) is 0 Å². The van der Waals surface area contributed by atoms with Gasteiger partial charge in [0.05, 0.1) is 6.54 Å². The van der Waals surface area contributed by atoms with Crippen LogP contribution in [0.5, 0.6) is 0 Å². The minimum atomic E-state index is 0.494. The molecule has 0 atom stereocenters. The van der Waals surface area contributed by atoms with E-state index in [9.17, 15) is 0 Å². The highest BCUT2D eigenvalue weighted by atomic mass is 16.3. The average molecular weight is 280 g/mol. The molecule has 3 rings (SSSR count). The lowest BCUT2D eigenvalue weighted by atomic mass is 10.1. The lowest BCUT2D eigenvalue weighted by Crippen LogP contribution is -2.18. The van der Waals surface area contributed by atoms with Crippen LogP contribution in [0.2, 0.25) is 0 Å². The first-order chi connectivity index (χ1) is 10.2. The molecule has 0 spiro atoms. The molecule has 108 valence electrons. The smallest absolute Gasteiger partial charge is 0.134 e. The van der Waals surface area contributed by atoms with Crippen LogP contribution in [0.4, 0.5) is 5.69 Å². The van der Waals surface area contributed by atoms with Crippen LogP contribution in [0.3, 0.4) is 0 Å². The SMILES string of the molecule is Cc1ccccc1N(C)Cc1oc2ccccc2c1CN. The van der Waals surface area contributed by atoms with Crippen molar-refractivity contribution in [3.63, 3.8) is 0 Å². The second kappa shape index (κ2) is 5.62. The van der Waals surface area contributed by atoms with E-state index >= 15 is 0 Å². The van der Waals surface area contributed by atoms with Gasteiger partial charge < -0.3 is 15.1 Å². The van der Waals surface area contributed by atoms with E-state index in [0.717, 1.165) is 22.3 Å². The summed E-state index contributed by atoms with van der Waals surface area (Å²) >= 11 is 0. The van der Waals surface area contributed by atoms with Gasteiger partial charge in [-0.3, -0.25) is 0 Å². The van der Waals surface area contributed by atoms with Crippen LogP contribution >= 0.6 is 0 Å². The van der Waals surface area contributed by atoms with E-state index in [0.29, 0.717) is 13.1 Å². The van der Waals surface area contributed by atoms with Gasteiger partial charge >= 0.3 is 0 Å². The number of furan rings is 1. The number of hydrogen-bond donors (Lipinski definition) is 1. The number of rotatable bonds is 4. The third-order valence-electron chi connectivity index (χ3n) is 3.89. The first-order valence-electron chi connectivity index (χ1n) is 7.17. The van der Waals surface area contributed by atoms with Gasteiger partial charge in [0, 0.05) is 30.2 Å². The molecular weight excluding hydrogens is 260 g/mol. The Morgan fingerprint density at radius 1 is 1.05 bits per heavy atom. The number of para-hydroxylation sites is 2. The molecular formula is C18H20N2O. The van der Waals surface area contributed by atoms with E-state index in [2.05, 4.69) is 49.2 Å². The zero-order valence-corrected chi connectivity index (χ0v) is 12.5. The van der Waals surface area contributed by atoms with Crippen molar-refractivity contribution in [2.24, 2.45) is 5.73 Å². The van der Waals surface area contributed by atoms with Gasteiger partial charge in [-0.05, 0) is 24.6 Å². The first-order valence-corrected chi connectivity index (χ1v) is 7.17. The fourth-order valence-electron chi connectivity index (χ4n) is 2.79. The summed E-state index contributed by atoms with van der Waals surface area (Å²) in [5.74, 6) is 0.949. The van der Waals surface area contributed by atoms with Crippen molar-refractivity contribution in [1.29, 1.82) is 0 Å². The summed E-state index contributed by atoms with van der Waals surface area (Å²) in [5.41, 5.74) is 10.4. The predicted octanol–water partition coefficient (Wildman–Crippen LogP) is 3.84. The van der Waals surface area contributed by atoms with Gasteiger partial charge in [0.1, 0.15) is 11.3 Å². The minimum Gasteiger partial charge on any atom is -0.459 e. The number of nitrogens with two attached hydrogens (primary N) is 1. The van der Waals surface area contributed by atoms with Crippen LogP contribution in [0.1, 0.15) is 16.9 Å². The molecule has 2 aromatic carbocycles. The summed E-state index contributed by atoms with van der Waals surface area (Å²) in [6.45, 7) is 3.33. The first kappa shape index (κ1) is 13.7. The molecule has 0 fully saturated rings. The van der Waals surface area contributed by atoms with Crippen LogP contribution in [-0.4, -0.2) is 7.05 Å². The van der Waals surface area contributed by atoms with Crippen LogP contribution in [-0.2, 0) is 13.1 Å². The highest BCUT2D eigenvalue weighted by Crippen LogP contribution is 2.28. The summed E-state index contributed by atoms with van der Waals surface area (Å²) in [4.78, 5) is 2.20. The Kier molecular flexibility index (Phi) is 3.67. The highest BCUT2D eigenvalue weighted by molar-refractivity contribution is 5.82. The second-order valence-corrected chi connectivity index (χ2v) is 5.35. The normalized spacial score (nSPS) is 11.0. The molecule has 1 aromatic heterocycles. The molecule has 1 heterocycles. The maximum atomic E-state index is 6.00.